The predicted molar refractivity (Wildman–Crippen MR) is 77.1 cm³/mol. The fourth-order valence-electron chi connectivity index (χ4n) is 3.32. The maximum atomic E-state index is 13.1. The third-order valence-corrected chi connectivity index (χ3v) is 4.41. The number of nitrogens with one attached hydrogen (secondary N) is 1. The van der Waals surface area contributed by atoms with Gasteiger partial charge in [-0.1, -0.05) is 19.4 Å². The number of carbonyl (C=O) groups excluding carboxylic acids is 1. The molecular formula is C16H14F3N3O. The van der Waals surface area contributed by atoms with E-state index in [-0.39, 0.29) is 17.4 Å². The van der Waals surface area contributed by atoms with E-state index in [4.69, 9.17) is 5.26 Å². The van der Waals surface area contributed by atoms with Crippen LogP contribution in [0, 0.1) is 11.3 Å². The van der Waals surface area contributed by atoms with Gasteiger partial charge in [0.1, 0.15) is 11.4 Å². The lowest BCUT2D eigenvalue weighted by molar-refractivity contribution is -0.137. The van der Waals surface area contributed by atoms with Gasteiger partial charge in [-0.3, -0.25) is 9.69 Å². The summed E-state index contributed by atoms with van der Waals surface area (Å²) in [5, 5.41) is 11.9. The molecule has 1 saturated heterocycles. The molecule has 0 atom stereocenters. The van der Waals surface area contributed by atoms with Gasteiger partial charge in [-0.05, 0) is 31.0 Å². The van der Waals surface area contributed by atoms with E-state index in [9.17, 15) is 18.0 Å². The monoisotopic (exact) mass is 321 g/mol. The largest absolute Gasteiger partial charge is 0.417 e. The normalized spacial score (nSPS) is 20.0. The number of rotatable bonds is 1. The quantitative estimate of drug-likeness (QED) is 0.863. The van der Waals surface area contributed by atoms with Gasteiger partial charge < -0.3 is 5.32 Å². The molecule has 0 radical (unpaired) electrons. The molecule has 1 aromatic rings. The summed E-state index contributed by atoms with van der Waals surface area (Å²) in [4.78, 5) is 13.9. The zero-order valence-electron chi connectivity index (χ0n) is 12.2. The molecule has 0 unspecified atom stereocenters. The predicted octanol–water partition coefficient (Wildman–Crippen LogP) is 3.30. The molecule has 1 saturated carbocycles. The van der Waals surface area contributed by atoms with Gasteiger partial charge in [0, 0.05) is 0 Å². The Balaban J connectivity index is 2.04. The van der Waals surface area contributed by atoms with Crippen molar-refractivity contribution in [3.63, 3.8) is 0 Å². The molecule has 2 aliphatic rings. The standard InChI is InChI=1S/C16H14F3N3O/c1-10-21-15(6-2-3-7-15)14(23)22(10)12-5-4-11(9-20)13(8-12)16(17,18)19/h4-5,8,21H,1-3,6-7H2. The Kier molecular flexibility index (Phi) is 3.36. The molecule has 120 valence electrons. The van der Waals surface area contributed by atoms with Crippen LogP contribution in [0.1, 0.15) is 36.8 Å². The fourth-order valence-corrected chi connectivity index (χ4v) is 3.32. The lowest BCUT2D eigenvalue weighted by Crippen LogP contribution is -2.43. The maximum absolute atomic E-state index is 13.1. The van der Waals surface area contributed by atoms with E-state index < -0.39 is 22.8 Å². The van der Waals surface area contributed by atoms with Crippen LogP contribution in [0.5, 0.6) is 0 Å². The Morgan fingerprint density at radius 1 is 1.30 bits per heavy atom. The van der Waals surface area contributed by atoms with Crippen molar-refractivity contribution in [2.75, 3.05) is 4.90 Å². The van der Waals surface area contributed by atoms with Crippen LogP contribution >= 0.6 is 0 Å². The van der Waals surface area contributed by atoms with E-state index in [1.54, 1.807) is 0 Å². The Morgan fingerprint density at radius 3 is 2.52 bits per heavy atom. The third kappa shape index (κ3) is 2.34. The van der Waals surface area contributed by atoms with Crippen molar-refractivity contribution in [3.8, 4) is 6.07 Å². The van der Waals surface area contributed by atoms with E-state index in [0.29, 0.717) is 12.8 Å². The number of anilines is 1. The first-order valence-corrected chi connectivity index (χ1v) is 7.21. The molecule has 1 N–H and O–H groups in total. The molecule has 1 spiro atoms. The number of carbonyl (C=O) groups is 1. The second-order valence-electron chi connectivity index (χ2n) is 5.84. The minimum absolute atomic E-state index is 0.0719. The Labute approximate surface area is 131 Å². The number of halogens is 3. The van der Waals surface area contributed by atoms with Crippen molar-refractivity contribution < 1.29 is 18.0 Å². The third-order valence-electron chi connectivity index (χ3n) is 4.41. The highest BCUT2D eigenvalue weighted by atomic mass is 19.4. The van der Waals surface area contributed by atoms with Crippen LogP contribution in [0.3, 0.4) is 0 Å². The van der Waals surface area contributed by atoms with Crippen LogP contribution in [0.25, 0.3) is 0 Å². The van der Waals surface area contributed by atoms with Gasteiger partial charge in [0.05, 0.1) is 22.9 Å². The Morgan fingerprint density at radius 2 is 1.96 bits per heavy atom. The lowest BCUT2D eigenvalue weighted by Gasteiger charge is -2.21. The van der Waals surface area contributed by atoms with Crippen LogP contribution in [0.4, 0.5) is 18.9 Å². The number of hydrogen-bond donors (Lipinski definition) is 1. The first-order chi connectivity index (χ1) is 10.8. The number of hydrogen-bond acceptors (Lipinski definition) is 3. The molecule has 1 aliphatic heterocycles. The smallest absolute Gasteiger partial charge is 0.357 e. The van der Waals surface area contributed by atoms with Crippen molar-refractivity contribution in [2.45, 2.75) is 37.4 Å². The van der Waals surface area contributed by atoms with E-state index in [2.05, 4.69) is 11.9 Å². The van der Waals surface area contributed by atoms with E-state index in [0.717, 1.165) is 25.0 Å². The first kappa shape index (κ1) is 15.4. The minimum Gasteiger partial charge on any atom is -0.357 e. The molecule has 1 aromatic carbocycles. The number of nitriles is 1. The van der Waals surface area contributed by atoms with Gasteiger partial charge in [0.25, 0.3) is 5.91 Å². The van der Waals surface area contributed by atoms with Gasteiger partial charge in [0.2, 0.25) is 0 Å². The maximum Gasteiger partial charge on any atom is 0.417 e. The van der Waals surface area contributed by atoms with Crippen LogP contribution in [-0.4, -0.2) is 11.4 Å². The minimum atomic E-state index is -4.66. The fraction of sp³-hybridized carbons (Fsp3) is 0.375. The zero-order valence-corrected chi connectivity index (χ0v) is 12.2. The van der Waals surface area contributed by atoms with Crippen LogP contribution in [0.15, 0.2) is 30.6 Å². The zero-order chi connectivity index (χ0) is 16.8. The van der Waals surface area contributed by atoms with Crippen molar-refractivity contribution in [1.29, 1.82) is 5.26 Å². The molecule has 1 aliphatic carbocycles. The molecule has 3 rings (SSSR count). The van der Waals surface area contributed by atoms with Crippen molar-refractivity contribution >= 4 is 11.6 Å². The summed E-state index contributed by atoms with van der Waals surface area (Å²) in [6, 6.07) is 4.78. The molecule has 0 bridgehead atoms. The summed E-state index contributed by atoms with van der Waals surface area (Å²) < 4.78 is 39.3. The van der Waals surface area contributed by atoms with Crippen LogP contribution in [-0.2, 0) is 11.0 Å². The molecule has 7 heteroatoms. The summed E-state index contributed by atoms with van der Waals surface area (Å²) in [5.74, 6) is -0.00688. The van der Waals surface area contributed by atoms with Crippen LogP contribution in [0.2, 0.25) is 0 Å². The van der Waals surface area contributed by atoms with Gasteiger partial charge in [0.15, 0.2) is 0 Å². The van der Waals surface area contributed by atoms with Gasteiger partial charge in [-0.25, -0.2) is 0 Å². The molecule has 23 heavy (non-hydrogen) atoms. The van der Waals surface area contributed by atoms with Gasteiger partial charge in [-0.15, -0.1) is 0 Å². The second kappa shape index (κ2) is 5.01. The highest BCUT2D eigenvalue weighted by Gasteiger charge is 2.50. The molecule has 0 aromatic heterocycles. The molecular weight excluding hydrogens is 307 g/mol. The summed E-state index contributed by atoms with van der Waals surface area (Å²) in [7, 11) is 0. The van der Waals surface area contributed by atoms with Crippen molar-refractivity contribution in [1.82, 2.24) is 5.32 Å². The van der Waals surface area contributed by atoms with Gasteiger partial charge in [-0.2, -0.15) is 18.4 Å². The Bertz CT molecular complexity index is 727. The van der Waals surface area contributed by atoms with E-state index in [1.807, 2.05) is 0 Å². The van der Waals surface area contributed by atoms with E-state index in [1.165, 1.54) is 17.0 Å². The molecule has 2 fully saturated rings. The molecule has 1 heterocycles. The number of nitrogens with zero attached hydrogens (tertiary/aromatic N) is 2. The molecule has 4 nitrogen and oxygen atoms in total. The lowest BCUT2D eigenvalue weighted by atomic mass is 9.97. The summed E-state index contributed by atoms with van der Waals surface area (Å²) in [6.07, 6.45) is -1.60. The average molecular weight is 321 g/mol. The van der Waals surface area contributed by atoms with Crippen molar-refractivity contribution in [3.05, 3.63) is 41.7 Å². The van der Waals surface area contributed by atoms with E-state index >= 15 is 0 Å². The average Bonchev–Trinajstić information content (AvgIpc) is 3.04. The van der Waals surface area contributed by atoms with Gasteiger partial charge >= 0.3 is 6.18 Å². The highest BCUT2D eigenvalue weighted by molar-refractivity contribution is 6.06. The highest BCUT2D eigenvalue weighted by Crippen LogP contribution is 2.41. The Hall–Kier alpha value is -2.49. The van der Waals surface area contributed by atoms with Crippen molar-refractivity contribution in [2.24, 2.45) is 0 Å². The SMILES string of the molecule is C=C1NC2(CCCC2)C(=O)N1c1ccc(C#N)c(C(F)(F)F)c1. The second-order valence-corrected chi connectivity index (χ2v) is 5.84. The topological polar surface area (TPSA) is 56.1 Å². The summed E-state index contributed by atoms with van der Waals surface area (Å²) in [5.41, 5.74) is -2.20. The number of amides is 1. The first-order valence-electron chi connectivity index (χ1n) is 7.21. The number of alkyl halides is 3. The van der Waals surface area contributed by atoms with Crippen LogP contribution < -0.4 is 10.2 Å². The summed E-state index contributed by atoms with van der Waals surface area (Å²) >= 11 is 0. The summed E-state index contributed by atoms with van der Waals surface area (Å²) in [6.45, 7) is 3.76. The number of benzene rings is 1. The molecule has 1 amide bonds.